The zero-order valence-electron chi connectivity index (χ0n) is 14.5. The van der Waals surface area contributed by atoms with E-state index in [0.29, 0.717) is 34.2 Å². The molecule has 7 nitrogen and oxygen atoms in total. The van der Waals surface area contributed by atoms with Crippen molar-refractivity contribution in [2.24, 2.45) is 0 Å². The van der Waals surface area contributed by atoms with Crippen LogP contribution in [0.4, 0.5) is 11.5 Å². The SMILES string of the molecule is COc1cc(C)c(Cl)c(NC(=O)c2csc3c(NCCO)ncnc23)c1Cl. The van der Waals surface area contributed by atoms with Crippen LogP contribution in [0.25, 0.3) is 10.2 Å². The Bertz CT molecular complexity index is 1010. The van der Waals surface area contributed by atoms with Crippen molar-refractivity contribution in [1.29, 1.82) is 0 Å². The third-order valence-corrected chi connectivity index (χ3v) is 5.65. The molecule has 1 amide bonds. The van der Waals surface area contributed by atoms with Crippen molar-refractivity contribution in [2.45, 2.75) is 6.92 Å². The van der Waals surface area contributed by atoms with Gasteiger partial charge < -0.3 is 20.5 Å². The second-order valence-electron chi connectivity index (χ2n) is 5.55. The molecule has 0 bridgehead atoms. The number of anilines is 2. The standard InChI is InChI=1S/C17H16Cl2N4O3S/c1-8-5-10(26-2)12(19)14(11(8)18)23-17(25)9-6-27-15-13(9)21-7-22-16(15)20-3-4-24/h5-7,24H,3-4H2,1-2H3,(H,23,25)(H,20,21,22). The van der Waals surface area contributed by atoms with Crippen molar-refractivity contribution in [3.8, 4) is 5.75 Å². The summed E-state index contributed by atoms with van der Waals surface area (Å²) in [5.74, 6) is 0.581. The number of amides is 1. The smallest absolute Gasteiger partial charge is 0.258 e. The molecule has 0 spiro atoms. The molecule has 2 aromatic heterocycles. The summed E-state index contributed by atoms with van der Waals surface area (Å²) in [5, 5.41) is 17.0. The topological polar surface area (TPSA) is 96.4 Å². The molecule has 2 heterocycles. The number of rotatable bonds is 6. The van der Waals surface area contributed by atoms with E-state index in [1.54, 1.807) is 18.4 Å². The number of nitrogens with one attached hydrogen (secondary N) is 2. The molecule has 0 fully saturated rings. The Balaban J connectivity index is 1.97. The number of nitrogens with zero attached hydrogens (tertiary/aromatic N) is 2. The number of carbonyl (C=O) groups excluding carboxylic acids is 1. The lowest BCUT2D eigenvalue weighted by Gasteiger charge is -2.14. The maximum Gasteiger partial charge on any atom is 0.258 e. The summed E-state index contributed by atoms with van der Waals surface area (Å²) >= 11 is 14.0. The summed E-state index contributed by atoms with van der Waals surface area (Å²) < 4.78 is 5.95. The minimum absolute atomic E-state index is 0.0313. The van der Waals surface area contributed by atoms with Crippen LogP contribution in [-0.4, -0.2) is 41.2 Å². The molecule has 0 saturated heterocycles. The van der Waals surface area contributed by atoms with Gasteiger partial charge in [0.25, 0.3) is 5.91 Å². The highest BCUT2D eigenvalue weighted by Gasteiger charge is 2.21. The Morgan fingerprint density at radius 1 is 1.33 bits per heavy atom. The predicted octanol–water partition coefficient (Wildman–Crippen LogP) is 3.97. The first kappa shape index (κ1) is 19.6. The summed E-state index contributed by atoms with van der Waals surface area (Å²) in [6.45, 7) is 2.11. The van der Waals surface area contributed by atoms with Crippen molar-refractivity contribution >= 4 is 62.2 Å². The molecule has 3 rings (SSSR count). The maximum absolute atomic E-state index is 12.8. The van der Waals surface area contributed by atoms with Crippen LogP contribution in [-0.2, 0) is 0 Å². The molecule has 3 N–H and O–H groups in total. The largest absolute Gasteiger partial charge is 0.495 e. The van der Waals surface area contributed by atoms with Gasteiger partial charge in [-0.15, -0.1) is 11.3 Å². The fourth-order valence-corrected chi connectivity index (χ4v) is 3.97. The second kappa shape index (κ2) is 8.26. The van der Waals surface area contributed by atoms with E-state index in [0.717, 1.165) is 10.3 Å². The van der Waals surface area contributed by atoms with Crippen molar-refractivity contribution < 1.29 is 14.6 Å². The summed E-state index contributed by atoms with van der Waals surface area (Å²) in [7, 11) is 1.49. The lowest BCUT2D eigenvalue weighted by molar-refractivity contribution is 0.102. The van der Waals surface area contributed by atoms with Crippen LogP contribution in [0, 0.1) is 6.92 Å². The van der Waals surface area contributed by atoms with Crippen LogP contribution in [0.3, 0.4) is 0 Å². The summed E-state index contributed by atoms with van der Waals surface area (Å²) in [5.41, 5.74) is 1.88. The van der Waals surface area contributed by atoms with E-state index in [4.69, 9.17) is 33.0 Å². The fourth-order valence-electron chi connectivity index (χ4n) is 2.49. The number of aliphatic hydroxyl groups excluding tert-OH is 1. The fraction of sp³-hybridized carbons (Fsp3) is 0.235. The number of hydrogen-bond acceptors (Lipinski definition) is 7. The van der Waals surface area contributed by atoms with E-state index in [1.165, 1.54) is 24.8 Å². The molecule has 0 radical (unpaired) electrons. The van der Waals surface area contributed by atoms with E-state index in [9.17, 15) is 4.79 Å². The van der Waals surface area contributed by atoms with Gasteiger partial charge in [-0.2, -0.15) is 0 Å². The number of benzene rings is 1. The van der Waals surface area contributed by atoms with Crippen LogP contribution in [0.1, 0.15) is 15.9 Å². The Labute approximate surface area is 169 Å². The van der Waals surface area contributed by atoms with Gasteiger partial charge in [0.2, 0.25) is 0 Å². The molecule has 0 unspecified atom stereocenters. The number of thiophene rings is 1. The van der Waals surface area contributed by atoms with Crippen LogP contribution in [0.15, 0.2) is 17.8 Å². The van der Waals surface area contributed by atoms with Crippen molar-refractivity contribution in [2.75, 3.05) is 30.9 Å². The van der Waals surface area contributed by atoms with E-state index < -0.39 is 5.91 Å². The van der Waals surface area contributed by atoms with Crippen molar-refractivity contribution in [3.63, 3.8) is 0 Å². The molecule has 0 aliphatic carbocycles. The van der Waals surface area contributed by atoms with Gasteiger partial charge in [0, 0.05) is 11.9 Å². The number of aliphatic hydroxyl groups is 1. The summed E-state index contributed by atoms with van der Waals surface area (Å²) in [4.78, 5) is 21.2. The number of aryl methyl sites for hydroxylation is 1. The number of methoxy groups -OCH3 is 1. The summed E-state index contributed by atoms with van der Waals surface area (Å²) in [6, 6.07) is 1.70. The van der Waals surface area contributed by atoms with Gasteiger partial charge in [0.05, 0.1) is 40.2 Å². The Kier molecular flexibility index (Phi) is 6.01. The van der Waals surface area contributed by atoms with Gasteiger partial charge in [-0.05, 0) is 18.6 Å². The summed E-state index contributed by atoms with van der Waals surface area (Å²) in [6.07, 6.45) is 1.36. The van der Waals surface area contributed by atoms with Gasteiger partial charge in [-0.1, -0.05) is 23.2 Å². The Morgan fingerprint density at radius 3 is 2.81 bits per heavy atom. The number of aromatic nitrogens is 2. The highest BCUT2D eigenvalue weighted by Crippen LogP contribution is 2.40. The second-order valence-corrected chi connectivity index (χ2v) is 7.19. The third kappa shape index (κ3) is 3.79. The average molecular weight is 427 g/mol. The minimum Gasteiger partial charge on any atom is -0.495 e. The van der Waals surface area contributed by atoms with Crippen LogP contribution < -0.4 is 15.4 Å². The average Bonchev–Trinajstić information content (AvgIpc) is 3.11. The molecular formula is C17H16Cl2N4O3S. The zero-order chi connectivity index (χ0) is 19.6. The first-order valence-corrected chi connectivity index (χ1v) is 9.52. The van der Waals surface area contributed by atoms with Gasteiger partial charge in [-0.3, -0.25) is 4.79 Å². The zero-order valence-corrected chi connectivity index (χ0v) is 16.8. The third-order valence-electron chi connectivity index (χ3n) is 3.81. The number of ether oxygens (including phenoxy) is 1. The highest BCUT2D eigenvalue weighted by molar-refractivity contribution is 7.18. The van der Waals surface area contributed by atoms with E-state index >= 15 is 0 Å². The molecule has 0 aliphatic heterocycles. The van der Waals surface area contributed by atoms with E-state index in [1.807, 2.05) is 0 Å². The molecule has 27 heavy (non-hydrogen) atoms. The highest BCUT2D eigenvalue weighted by atomic mass is 35.5. The number of hydrogen-bond donors (Lipinski definition) is 3. The number of carbonyl (C=O) groups is 1. The lowest BCUT2D eigenvalue weighted by atomic mass is 10.2. The van der Waals surface area contributed by atoms with E-state index in [-0.39, 0.29) is 17.3 Å². The Hall–Kier alpha value is -2.13. The maximum atomic E-state index is 12.8. The molecule has 3 aromatic rings. The molecule has 0 saturated carbocycles. The van der Waals surface area contributed by atoms with Crippen molar-refractivity contribution in [1.82, 2.24) is 9.97 Å². The van der Waals surface area contributed by atoms with Crippen molar-refractivity contribution in [3.05, 3.63) is 38.9 Å². The quantitative estimate of drug-likeness (QED) is 0.551. The minimum atomic E-state index is -0.399. The first-order chi connectivity index (χ1) is 13.0. The number of halogens is 2. The van der Waals surface area contributed by atoms with Gasteiger partial charge in [0.15, 0.2) is 0 Å². The van der Waals surface area contributed by atoms with Gasteiger partial charge in [-0.25, -0.2) is 9.97 Å². The lowest BCUT2D eigenvalue weighted by Crippen LogP contribution is -2.13. The van der Waals surface area contributed by atoms with E-state index in [2.05, 4.69) is 20.6 Å². The molecule has 10 heteroatoms. The van der Waals surface area contributed by atoms with Crippen LogP contribution in [0.2, 0.25) is 10.0 Å². The number of fused-ring (bicyclic) bond motifs is 1. The molecule has 142 valence electrons. The normalized spacial score (nSPS) is 10.9. The Morgan fingerprint density at radius 2 is 2.11 bits per heavy atom. The first-order valence-electron chi connectivity index (χ1n) is 7.88. The van der Waals surface area contributed by atoms with Gasteiger partial charge >= 0.3 is 0 Å². The van der Waals surface area contributed by atoms with Crippen LogP contribution >= 0.6 is 34.5 Å². The van der Waals surface area contributed by atoms with Crippen LogP contribution in [0.5, 0.6) is 5.75 Å². The molecule has 0 atom stereocenters. The monoisotopic (exact) mass is 426 g/mol. The predicted molar refractivity (Wildman–Crippen MR) is 109 cm³/mol. The van der Waals surface area contributed by atoms with Gasteiger partial charge in [0.1, 0.15) is 22.9 Å². The molecule has 0 aliphatic rings. The molecular weight excluding hydrogens is 411 g/mol. The molecule has 1 aromatic carbocycles.